The molecule has 1 heterocycles. The van der Waals surface area contributed by atoms with Crippen molar-refractivity contribution in [3.05, 3.63) is 32.6 Å². The quantitative estimate of drug-likeness (QED) is 0.300. The van der Waals surface area contributed by atoms with Crippen LogP contribution in [0, 0.1) is 6.92 Å². The fraction of sp³-hybridized carbons (Fsp3) is 0.692. The number of H-pyrrole nitrogens is 1. The molecule has 10 heteroatoms. The average Bonchev–Trinajstić information content (AvgIpc) is 2.53. The minimum absolute atomic E-state index is 0.295. The van der Waals surface area contributed by atoms with Crippen LogP contribution in [-0.2, 0) is 0 Å². The molecule has 7 N–H and O–H groups in total. The van der Waals surface area contributed by atoms with Gasteiger partial charge in [-0.05, 0) is 12.7 Å². The molecule has 132 valence electrons. The monoisotopic (exact) mass is 349 g/mol. The summed E-state index contributed by atoms with van der Waals surface area (Å²) in [6.07, 6.45) is -3.48. The maximum absolute atomic E-state index is 12.0. The molecule has 23 heavy (non-hydrogen) atoms. The molecule has 0 aromatic carbocycles. The predicted molar refractivity (Wildman–Crippen MR) is 86.3 cm³/mol. The van der Waals surface area contributed by atoms with Gasteiger partial charge >= 0.3 is 5.69 Å². The molecule has 0 saturated carbocycles. The molecule has 0 aliphatic rings. The summed E-state index contributed by atoms with van der Waals surface area (Å²) in [4.78, 5) is 25.6. The third kappa shape index (κ3) is 4.66. The summed E-state index contributed by atoms with van der Waals surface area (Å²) in [6.45, 7) is 2.60. The lowest BCUT2D eigenvalue weighted by Crippen LogP contribution is -2.53. The van der Waals surface area contributed by atoms with Crippen molar-refractivity contribution < 1.29 is 20.4 Å². The Labute approximate surface area is 136 Å². The molecule has 0 fully saturated rings. The van der Waals surface area contributed by atoms with Crippen LogP contribution in [-0.4, -0.2) is 66.7 Å². The molecular weight excluding hydrogens is 326 g/mol. The van der Waals surface area contributed by atoms with Crippen LogP contribution < -0.4 is 17.0 Å². The van der Waals surface area contributed by atoms with Gasteiger partial charge in [0.2, 0.25) is 0 Å². The summed E-state index contributed by atoms with van der Waals surface area (Å²) in [5.41, 5.74) is 5.04. The SMILES string of the molecule is CCS[C@H]([C@H](N)[C@@H](O)[C@H](O)[C@H](O)CO)n1cc(C)c(=O)[nH]c1=O. The lowest BCUT2D eigenvalue weighted by atomic mass is 10.0. The first-order valence-corrected chi connectivity index (χ1v) is 8.13. The molecule has 1 aromatic heterocycles. The van der Waals surface area contributed by atoms with E-state index in [9.17, 15) is 24.9 Å². The van der Waals surface area contributed by atoms with E-state index in [0.717, 1.165) is 0 Å². The molecule has 0 amide bonds. The largest absolute Gasteiger partial charge is 0.394 e. The summed E-state index contributed by atoms with van der Waals surface area (Å²) in [7, 11) is 0. The Morgan fingerprint density at radius 1 is 1.30 bits per heavy atom. The van der Waals surface area contributed by atoms with Crippen molar-refractivity contribution in [3.63, 3.8) is 0 Å². The standard InChI is InChI=1S/C13H23N3O6S/c1-3-23-12(8(14)10(20)9(19)7(18)5-17)16-4-6(2)11(21)15-13(16)22/h4,7-10,12,17-20H,3,5,14H2,1-2H3,(H,15,21,22)/t7-,8-,9-,10-,12-/m1/s1. The zero-order valence-electron chi connectivity index (χ0n) is 12.9. The zero-order chi connectivity index (χ0) is 17.7. The van der Waals surface area contributed by atoms with Crippen molar-refractivity contribution in [3.8, 4) is 0 Å². The molecule has 0 unspecified atom stereocenters. The number of aromatic amines is 1. The minimum Gasteiger partial charge on any atom is -0.394 e. The Kier molecular flexibility index (Phi) is 7.45. The van der Waals surface area contributed by atoms with Crippen molar-refractivity contribution in [1.29, 1.82) is 0 Å². The maximum Gasteiger partial charge on any atom is 0.329 e. The van der Waals surface area contributed by atoms with Crippen molar-refractivity contribution in [2.45, 2.75) is 43.6 Å². The first-order chi connectivity index (χ1) is 10.7. The summed E-state index contributed by atoms with van der Waals surface area (Å²) < 4.78 is 1.18. The van der Waals surface area contributed by atoms with E-state index in [1.165, 1.54) is 29.4 Å². The van der Waals surface area contributed by atoms with E-state index < -0.39 is 47.6 Å². The van der Waals surface area contributed by atoms with Gasteiger partial charge in [-0.3, -0.25) is 14.3 Å². The average molecular weight is 349 g/mol. The van der Waals surface area contributed by atoms with Gasteiger partial charge in [-0.15, -0.1) is 11.8 Å². The van der Waals surface area contributed by atoms with Crippen LogP contribution in [0.3, 0.4) is 0 Å². The lowest BCUT2D eigenvalue weighted by Gasteiger charge is -2.32. The number of aromatic nitrogens is 2. The van der Waals surface area contributed by atoms with Gasteiger partial charge in [0.25, 0.3) is 5.56 Å². The zero-order valence-corrected chi connectivity index (χ0v) is 13.7. The second-order valence-electron chi connectivity index (χ2n) is 5.13. The van der Waals surface area contributed by atoms with E-state index in [4.69, 9.17) is 10.8 Å². The Balaban J connectivity index is 3.18. The van der Waals surface area contributed by atoms with Crippen LogP contribution in [0.15, 0.2) is 15.8 Å². The minimum atomic E-state index is -1.67. The highest BCUT2D eigenvalue weighted by atomic mass is 32.2. The van der Waals surface area contributed by atoms with Gasteiger partial charge in [-0.1, -0.05) is 6.92 Å². The third-order valence-corrected chi connectivity index (χ3v) is 4.63. The molecule has 0 aliphatic heterocycles. The fourth-order valence-corrected chi connectivity index (χ4v) is 3.10. The number of aryl methyl sites for hydroxylation is 1. The summed E-state index contributed by atoms with van der Waals surface area (Å²) in [6, 6.07) is -1.13. The molecule has 0 spiro atoms. The molecular formula is C13H23N3O6S. The number of rotatable bonds is 8. The van der Waals surface area contributed by atoms with Gasteiger partial charge in [0.05, 0.1) is 12.6 Å². The molecule has 1 rings (SSSR count). The lowest BCUT2D eigenvalue weighted by molar-refractivity contribution is -0.0850. The van der Waals surface area contributed by atoms with E-state index in [1.807, 2.05) is 6.92 Å². The van der Waals surface area contributed by atoms with Gasteiger partial charge < -0.3 is 26.2 Å². The van der Waals surface area contributed by atoms with Gasteiger partial charge in [0.15, 0.2) is 0 Å². The first-order valence-electron chi connectivity index (χ1n) is 7.08. The van der Waals surface area contributed by atoms with E-state index >= 15 is 0 Å². The molecule has 0 bridgehead atoms. The van der Waals surface area contributed by atoms with Crippen molar-refractivity contribution in [2.75, 3.05) is 12.4 Å². The highest BCUT2D eigenvalue weighted by Crippen LogP contribution is 2.26. The summed E-state index contributed by atoms with van der Waals surface area (Å²) in [5.74, 6) is 0.550. The molecule has 0 saturated heterocycles. The number of hydrogen-bond donors (Lipinski definition) is 6. The number of thioether (sulfide) groups is 1. The van der Waals surface area contributed by atoms with E-state index in [0.29, 0.717) is 11.3 Å². The molecule has 0 aliphatic carbocycles. The molecule has 0 radical (unpaired) electrons. The highest BCUT2D eigenvalue weighted by Gasteiger charge is 2.35. The second kappa shape index (κ2) is 8.62. The smallest absolute Gasteiger partial charge is 0.329 e. The van der Waals surface area contributed by atoms with Crippen molar-refractivity contribution in [1.82, 2.24) is 9.55 Å². The number of nitrogens with zero attached hydrogens (tertiary/aromatic N) is 1. The van der Waals surface area contributed by atoms with Crippen LogP contribution in [0.4, 0.5) is 0 Å². The summed E-state index contributed by atoms with van der Waals surface area (Å²) >= 11 is 1.23. The van der Waals surface area contributed by atoms with Gasteiger partial charge in [-0.25, -0.2) is 4.79 Å². The number of aliphatic hydroxyl groups excluding tert-OH is 4. The predicted octanol–water partition coefficient (Wildman–Crippen LogP) is -2.50. The van der Waals surface area contributed by atoms with Crippen LogP contribution in [0.5, 0.6) is 0 Å². The van der Waals surface area contributed by atoms with E-state index in [1.54, 1.807) is 0 Å². The maximum atomic E-state index is 12.0. The van der Waals surface area contributed by atoms with Crippen molar-refractivity contribution >= 4 is 11.8 Å². The van der Waals surface area contributed by atoms with E-state index in [2.05, 4.69) is 4.98 Å². The number of hydrogen-bond acceptors (Lipinski definition) is 8. The Hall–Kier alpha value is -1.17. The number of nitrogens with two attached hydrogens (primary N) is 1. The van der Waals surface area contributed by atoms with Gasteiger partial charge in [-0.2, -0.15) is 0 Å². The van der Waals surface area contributed by atoms with Gasteiger partial charge in [0, 0.05) is 11.8 Å². The Bertz CT molecular complexity index is 618. The Morgan fingerprint density at radius 3 is 2.43 bits per heavy atom. The Morgan fingerprint density at radius 2 is 1.91 bits per heavy atom. The second-order valence-corrected chi connectivity index (χ2v) is 6.53. The molecule has 9 nitrogen and oxygen atoms in total. The summed E-state index contributed by atoms with van der Waals surface area (Å²) in [5, 5.41) is 37.4. The first kappa shape index (κ1) is 19.9. The topological polar surface area (TPSA) is 162 Å². The normalized spacial score (nSPS) is 18.2. The number of aliphatic hydroxyl groups is 4. The third-order valence-electron chi connectivity index (χ3n) is 3.41. The number of nitrogens with one attached hydrogen (secondary N) is 1. The van der Waals surface area contributed by atoms with E-state index in [-0.39, 0.29) is 0 Å². The molecule has 5 atom stereocenters. The van der Waals surface area contributed by atoms with Gasteiger partial charge in [0.1, 0.15) is 23.7 Å². The molecule has 1 aromatic rings. The van der Waals surface area contributed by atoms with Crippen LogP contribution >= 0.6 is 11.8 Å². The van der Waals surface area contributed by atoms with Crippen molar-refractivity contribution in [2.24, 2.45) is 5.73 Å². The van der Waals surface area contributed by atoms with Crippen LogP contribution in [0.25, 0.3) is 0 Å². The highest BCUT2D eigenvalue weighted by molar-refractivity contribution is 7.99. The fourth-order valence-electron chi connectivity index (χ4n) is 2.05. The van der Waals surface area contributed by atoms with Crippen LogP contribution in [0.2, 0.25) is 0 Å². The van der Waals surface area contributed by atoms with Crippen LogP contribution in [0.1, 0.15) is 17.9 Å².